The summed E-state index contributed by atoms with van der Waals surface area (Å²) >= 11 is 0. The Labute approximate surface area is 207 Å². The summed E-state index contributed by atoms with van der Waals surface area (Å²) < 4.78 is 38.9. The molecule has 1 unspecified atom stereocenters. The van der Waals surface area contributed by atoms with Crippen LogP contribution in [0.15, 0.2) is 59.5 Å². The van der Waals surface area contributed by atoms with Gasteiger partial charge in [-0.05, 0) is 73.4 Å². The van der Waals surface area contributed by atoms with Crippen molar-refractivity contribution in [1.29, 1.82) is 0 Å². The van der Waals surface area contributed by atoms with Crippen LogP contribution in [0, 0.1) is 0 Å². The monoisotopic (exact) mass is 496 g/mol. The highest BCUT2D eigenvalue weighted by Gasteiger charge is 2.27. The van der Waals surface area contributed by atoms with Crippen LogP contribution in [0.4, 0.5) is 5.69 Å². The van der Waals surface area contributed by atoms with Gasteiger partial charge in [0.05, 0.1) is 30.2 Å². The minimum Gasteiger partial charge on any atom is -0.497 e. The molecule has 4 rings (SSSR count). The highest BCUT2D eigenvalue weighted by molar-refractivity contribution is 7.89. The molecule has 0 bridgehead atoms. The van der Waals surface area contributed by atoms with Gasteiger partial charge in [0, 0.05) is 13.1 Å². The van der Waals surface area contributed by atoms with Crippen molar-refractivity contribution in [2.75, 3.05) is 32.1 Å². The van der Waals surface area contributed by atoms with Gasteiger partial charge in [-0.2, -0.15) is 4.31 Å². The SMILES string of the molecule is CCOc1ccc(S(=O)(=O)N2CCCCC2)cc1NC(=O)C(C)c1ccc2cc(OC)ccc2c1. The first-order chi connectivity index (χ1) is 16.8. The van der Waals surface area contributed by atoms with Gasteiger partial charge in [-0.15, -0.1) is 0 Å². The van der Waals surface area contributed by atoms with Gasteiger partial charge in [0.25, 0.3) is 0 Å². The summed E-state index contributed by atoms with van der Waals surface area (Å²) in [6, 6.07) is 16.3. The summed E-state index contributed by atoms with van der Waals surface area (Å²) in [6.07, 6.45) is 2.75. The van der Waals surface area contributed by atoms with E-state index in [-0.39, 0.29) is 10.8 Å². The van der Waals surface area contributed by atoms with Gasteiger partial charge < -0.3 is 14.8 Å². The molecule has 0 saturated carbocycles. The van der Waals surface area contributed by atoms with E-state index in [1.54, 1.807) is 19.2 Å². The molecule has 0 radical (unpaired) electrons. The molecule has 3 aromatic carbocycles. The molecule has 35 heavy (non-hydrogen) atoms. The number of nitrogens with one attached hydrogen (secondary N) is 1. The zero-order valence-electron chi connectivity index (χ0n) is 20.4. The summed E-state index contributed by atoms with van der Waals surface area (Å²) in [7, 11) is -2.01. The van der Waals surface area contributed by atoms with Crippen LogP contribution < -0.4 is 14.8 Å². The number of methoxy groups -OCH3 is 1. The Morgan fingerprint density at radius 3 is 2.43 bits per heavy atom. The number of rotatable bonds is 8. The van der Waals surface area contributed by atoms with E-state index in [1.165, 1.54) is 10.4 Å². The quantitative estimate of drug-likeness (QED) is 0.465. The third kappa shape index (κ3) is 5.44. The molecular weight excluding hydrogens is 464 g/mol. The molecule has 0 spiro atoms. The van der Waals surface area contributed by atoms with E-state index in [0.717, 1.165) is 41.3 Å². The second-order valence-corrected chi connectivity index (χ2v) is 10.7. The zero-order valence-corrected chi connectivity index (χ0v) is 21.2. The highest BCUT2D eigenvalue weighted by atomic mass is 32.2. The lowest BCUT2D eigenvalue weighted by Gasteiger charge is -2.26. The van der Waals surface area contributed by atoms with Crippen molar-refractivity contribution in [3.63, 3.8) is 0 Å². The number of nitrogens with zero attached hydrogens (tertiary/aromatic N) is 1. The van der Waals surface area contributed by atoms with Gasteiger partial charge in [0.2, 0.25) is 15.9 Å². The van der Waals surface area contributed by atoms with Crippen LogP contribution >= 0.6 is 0 Å². The van der Waals surface area contributed by atoms with Crippen LogP contribution in [-0.4, -0.2) is 45.4 Å². The summed E-state index contributed by atoms with van der Waals surface area (Å²) in [5, 5.41) is 4.94. The maximum atomic E-state index is 13.2. The van der Waals surface area contributed by atoms with Crippen LogP contribution in [0.1, 0.15) is 44.6 Å². The number of sulfonamides is 1. The molecule has 8 heteroatoms. The Balaban J connectivity index is 1.59. The number of anilines is 1. The highest BCUT2D eigenvalue weighted by Crippen LogP contribution is 2.32. The third-order valence-electron chi connectivity index (χ3n) is 6.43. The lowest BCUT2D eigenvalue weighted by molar-refractivity contribution is -0.117. The van der Waals surface area contributed by atoms with E-state index in [2.05, 4.69) is 5.32 Å². The van der Waals surface area contributed by atoms with E-state index in [4.69, 9.17) is 9.47 Å². The van der Waals surface area contributed by atoms with Gasteiger partial charge in [-0.3, -0.25) is 4.79 Å². The van der Waals surface area contributed by atoms with Crippen molar-refractivity contribution in [1.82, 2.24) is 4.31 Å². The van der Waals surface area contributed by atoms with Crippen molar-refractivity contribution < 1.29 is 22.7 Å². The summed E-state index contributed by atoms with van der Waals surface area (Å²) in [5.41, 5.74) is 1.21. The average molecular weight is 497 g/mol. The maximum Gasteiger partial charge on any atom is 0.243 e. The smallest absolute Gasteiger partial charge is 0.243 e. The van der Waals surface area contributed by atoms with Gasteiger partial charge in [-0.25, -0.2) is 8.42 Å². The molecule has 1 fully saturated rings. The Morgan fingerprint density at radius 2 is 1.71 bits per heavy atom. The number of carbonyl (C=O) groups excluding carboxylic acids is 1. The lowest BCUT2D eigenvalue weighted by atomic mass is 9.97. The number of fused-ring (bicyclic) bond motifs is 1. The predicted molar refractivity (Wildman–Crippen MR) is 138 cm³/mol. The van der Waals surface area contributed by atoms with Crippen molar-refractivity contribution >= 4 is 32.4 Å². The molecule has 0 aromatic heterocycles. The summed E-state index contributed by atoms with van der Waals surface area (Å²) in [5.74, 6) is 0.514. The Morgan fingerprint density at radius 1 is 1.00 bits per heavy atom. The first kappa shape index (κ1) is 25.0. The molecule has 186 valence electrons. The molecule has 0 aliphatic carbocycles. The van der Waals surface area contributed by atoms with Crippen LogP contribution in [0.2, 0.25) is 0 Å². The topological polar surface area (TPSA) is 84.9 Å². The predicted octanol–water partition coefficient (Wildman–Crippen LogP) is 5.16. The first-order valence-corrected chi connectivity index (χ1v) is 13.4. The lowest BCUT2D eigenvalue weighted by Crippen LogP contribution is -2.35. The third-order valence-corrected chi connectivity index (χ3v) is 8.32. The summed E-state index contributed by atoms with van der Waals surface area (Å²) in [6.45, 7) is 5.10. The number of benzene rings is 3. The summed E-state index contributed by atoms with van der Waals surface area (Å²) in [4.78, 5) is 13.4. The van der Waals surface area contributed by atoms with Crippen molar-refractivity contribution in [3.05, 3.63) is 60.2 Å². The number of hydrogen-bond acceptors (Lipinski definition) is 5. The molecule has 1 aliphatic rings. The average Bonchev–Trinajstić information content (AvgIpc) is 2.89. The molecule has 1 aliphatic heterocycles. The second-order valence-electron chi connectivity index (χ2n) is 8.74. The van der Waals surface area contributed by atoms with E-state index < -0.39 is 15.9 Å². The van der Waals surface area contributed by atoms with Crippen molar-refractivity contribution in [3.8, 4) is 11.5 Å². The van der Waals surface area contributed by atoms with Crippen LogP contribution in [0.3, 0.4) is 0 Å². The van der Waals surface area contributed by atoms with E-state index >= 15 is 0 Å². The zero-order chi connectivity index (χ0) is 25.0. The van der Waals surface area contributed by atoms with Crippen LogP contribution in [-0.2, 0) is 14.8 Å². The number of amides is 1. The van der Waals surface area contributed by atoms with E-state index in [1.807, 2.05) is 50.2 Å². The van der Waals surface area contributed by atoms with Gasteiger partial charge in [-0.1, -0.05) is 30.7 Å². The van der Waals surface area contributed by atoms with E-state index in [0.29, 0.717) is 31.1 Å². The minimum absolute atomic E-state index is 0.158. The Hall–Kier alpha value is -3.10. The molecule has 1 heterocycles. The van der Waals surface area contributed by atoms with Crippen LogP contribution in [0.25, 0.3) is 10.8 Å². The number of piperidine rings is 1. The minimum atomic E-state index is -3.64. The number of ether oxygens (including phenoxy) is 2. The van der Waals surface area contributed by atoms with Gasteiger partial charge >= 0.3 is 0 Å². The normalized spacial score (nSPS) is 15.5. The molecule has 1 atom stereocenters. The fraction of sp³-hybridized carbons (Fsp3) is 0.370. The Bertz CT molecular complexity index is 1320. The second kappa shape index (κ2) is 10.7. The van der Waals surface area contributed by atoms with Crippen molar-refractivity contribution in [2.24, 2.45) is 0 Å². The van der Waals surface area contributed by atoms with E-state index in [9.17, 15) is 13.2 Å². The van der Waals surface area contributed by atoms with Crippen molar-refractivity contribution in [2.45, 2.75) is 43.9 Å². The molecule has 1 saturated heterocycles. The molecular formula is C27H32N2O5S. The molecule has 1 N–H and O–H groups in total. The first-order valence-electron chi connectivity index (χ1n) is 12.0. The maximum absolute atomic E-state index is 13.2. The molecule has 1 amide bonds. The fourth-order valence-corrected chi connectivity index (χ4v) is 5.88. The largest absolute Gasteiger partial charge is 0.497 e. The standard InChI is InChI=1S/C27H32N2O5S/c1-4-34-26-13-12-24(35(31,32)29-14-6-5-7-15-29)18-25(26)28-27(30)19(2)20-8-9-22-17-23(33-3)11-10-21(22)16-20/h8-13,16-19H,4-7,14-15H2,1-3H3,(H,28,30). The molecule has 3 aromatic rings. The number of hydrogen-bond donors (Lipinski definition) is 1. The fourth-order valence-electron chi connectivity index (χ4n) is 4.33. The van der Waals surface area contributed by atoms with Crippen LogP contribution in [0.5, 0.6) is 11.5 Å². The van der Waals surface area contributed by atoms with Gasteiger partial charge in [0.15, 0.2) is 0 Å². The number of carbonyl (C=O) groups is 1. The van der Waals surface area contributed by atoms with Gasteiger partial charge in [0.1, 0.15) is 11.5 Å². The molecule has 7 nitrogen and oxygen atoms in total. The Kier molecular flexibility index (Phi) is 7.62.